The lowest BCUT2D eigenvalue weighted by Crippen LogP contribution is -2.11. The molecule has 2 aromatic heterocycles. The number of anilines is 2. The molecule has 0 aliphatic rings. The minimum absolute atomic E-state index is 0.184. The fourth-order valence-corrected chi connectivity index (χ4v) is 3.17. The van der Waals surface area contributed by atoms with Crippen LogP contribution in [0.4, 0.5) is 11.6 Å². The average Bonchev–Trinajstić information content (AvgIpc) is 2.79. The van der Waals surface area contributed by atoms with Gasteiger partial charge in [0.2, 0.25) is 0 Å². The summed E-state index contributed by atoms with van der Waals surface area (Å²) in [4.78, 5) is 14.4. The molecule has 114 valence electrons. The van der Waals surface area contributed by atoms with Crippen LogP contribution in [0.3, 0.4) is 0 Å². The maximum absolute atomic E-state index is 4.49. The predicted octanol–water partition coefficient (Wildman–Crippen LogP) is 3.85. The average molecular weight is 305 g/mol. The van der Waals surface area contributed by atoms with Crippen molar-refractivity contribution in [1.29, 1.82) is 0 Å². The SMILES string of the molecule is CCCNc1ncnc(NC(C)c2sc(C)nc2C)c1C. The van der Waals surface area contributed by atoms with Gasteiger partial charge in [-0.05, 0) is 34.1 Å². The minimum Gasteiger partial charge on any atom is -0.370 e. The van der Waals surface area contributed by atoms with Crippen molar-refractivity contribution in [1.82, 2.24) is 15.0 Å². The van der Waals surface area contributed by atoms with Gasteiger partial charge < -0.3 is 10.6 Å². The molecule has 0 amide bonds. The van der Waals surface area contributed by atoms with Crippen molar-refractivity contribution in [2.75, 3.05) is 17.2 Å². The van der Waals surface area contributed by atoms with Crippen LogP contribution in [0.15, 0.2) is 6.33 Å². The molecule has 0 fully saturated rings. The summed E-state index contributed by atoms with van der Waals surface area (Å²) >= 11 is 1.73. The van der Waals surface area contributed by atoms with Gasteiger partial charge in [0.05, 0.1) is 16.7 Å². The molecule has 0 aliphatic carbocycles. The Morgan fingerprint density at radius 3 is 2.52 bits per heavy atom. The Bertz CT molecular complexity index is 608. The molecular weight excluding hydrogens is 282 g/mol. The molecule has 2 N–H and O–H groups in total. The molecule has 1 unspecified atom stereocenters. The maximum atomic E-state index is 4.49. The Morgan fingerprint density at radius 1 is 1.19 bits per heavy atom. The fraction of sp³-hybridized carbons (Fsp3) is 0.533. The maximum Gasteiger partial charge on any atom is 0.134 e. The summed E-state index contributed by atoms with van der Waals surface area (Å²) in [6, 6.07) is 0.184. The van der Waals surface area contributed by atoms with Gasteiger partial charge in [-0.2, -0.15) is 0 Å². The number of nitrogens with zero attached hydrogens (tertiary/aromatic N) is 3. The highest BCUT2D eigenvalue weighted by Crippen LogP contribution is 2.28. The van der Waals surface area contributed by atoms with Crippen LogP contribution in [0.1, 0.15) is 47.5 Å². The molecule has 0 saturated carbocycles. The van der Waals surface area contributed by atoms with Crippen LogP contribution in [0.5, 0.6) is 0 Å². The third-order valence-electron chi connectivity index (χ3n) is 3.31. The summed E-state index contributed by atoms with van der Waals surface area (Å²) in [5.74, 6) is 1.78. The second kappa shape index (κ2) is 6.85. The molecular formula is C15H23N5S. The van der Waals surface area contributed by atoms with E-state index in [4.69, 9.17) is 0 Å². The van der Waals surface area contributed by atoms with Gasteiger partial charge in [0, 0.05) is 17.0 Å². The van der Waals surface area contributed by atoms with Crippen LogP contribution >= 0.6 is 11.3 Å². The normalized spacial score (nSPS) is 12.2. The largest absolute Gasteiger partial charge is 0.370 e. The number of rotatable bonds is 6. The van der Waals surface area contributed by atoms with Crippen molar-refractivity contribution in [3.63, 3.8) is 0 Å². The van der Waals surface area contributed by atoms with Crippen molar-refractivity contribution in [3.8, 4) is 0 Å². The first kappa shape index (κ1) is 15.7. The smallest absolute Gasteiger partial charge is 0.134 e. The summed E-state index contributed by atoms with van der Waals surface area (Å²) in [5, 5.41) is 7.91. The first-order valence-corrected chi connectivity index (χ1v) is 8.10. The van der Waals surface area contributed by atoms with Crippen LogP contribution in [0, 0.1) is 20.8 Å². The molecule has 2 aromatic rings. The van der Waals surface area contributed by atoms with Gasteiger partial charge in [-0.15, -0.1) is 11.3 Å². The Kier molecular flexibility index (Phi) is 5.12. The summed E-state index contributed by atoms with van der Waals surface area (Å²) in [5.41, 5.74) is 2.14. The van der Waals surface area contributed by atoms with Crippen LogP contribution in [-0.4, -0.2) is 21.5 Å². The quantitative estimate of drug-likeness (QED) is 0.848. The Balaban J connectivity index is 2.17. The summed E-state index contributed by atoms with van der Waals surface area (Å²) in [7, 11) is 0. The lowest BCUT2D eigenvalue weighted by molar-refractivity contribution is 0.871. The highest BCUT2D eigenvalue weighted by atomic mass is 32.1. The summed E-state index contributed by atoms with van der Waals surface area (Å²) in [6.07, 6.45) is 2.67. The highest BCUT2D eigenvalue weighted by Gasteiger charge is 2.15. The van der Waals surface area contributed by atoms with Crippen molar-refractivity contribution >= 4 is 23.0 Å². The third-order valence-corrected chi connectivity index (χ3v) is 4.57. The van der Waals surface area contributed by atoms with Crippen LogP contribution in [-0.2, 0) is 0 Å². The van der Waals surface area contributed by atoms with Crippen molar-refractivity contribution < 1.29 is 0 Å². The second-order valence-corrected chi connectivity index (χ2v) is 6.41. The molecule has 0 aromatic carbocycles. The lowest BCUT2D eigenvalue weighted by atomic mass is 10.2. The zero-order chi connectivity index (χ0) is 15.4. The van der Waals surface area contributed by atoms with Crippen LogP contribution in [0.2, 0.25) is 0 Å². The zero-order valence-electron chi connectivity index (χ0n) is 13.3. The molecule has 1 atom stereocenters. The van der Waals surface area contributed by atoms with Crippen LogP contribution in [0.25, 0.3) is 0 Å². The molecule has 0 aliphatic heterocycles. The lowest BCUT2D eigenvalue weighted by Gasteiger charge is -2.17. The van der Waals surface area contributed by atoms with E-state index in [0.717, 1.165) is 40.9 Å². The van der Waals surface area contributed by atoms with E-state index in [9.17, 15) is 0 Å². The fourth-order valence-electron chi connectivity index (χ4n) is 2.24. The highest BCUT2D eigenvalue weighted by molar-refractivity contribution is 7.11. The standard InChI is InChI=1S/C15H23N5S/c1-6-7-16-14-9(2)15(18-8-17-14)20-11(4)13-10(3)19-12(5)21-13/h8,11H,6-7H2,1-5H3,(H2,16,17,18,20). The van der Waals surface area contributed by atoms with Crippen molar-refractivity contribution in [2.24, 2.45) is 0 Å². The van der Waals surface area contributed by atoms with E-state index >= 15 is 0 Å². The molecule has 6 heteroatoms. The van der Waals surface area contributed by atoms with Crippen molar-refractivity contribution in [3.05, 3.63) is 27.5 Å². The van der Waals surface area contributed by atoms with Crippen molar-refractivity contribution in [2.45, 2.75) is 47.1 Å². The van der Waals surface area contributed by atoms with Gasteiger partial charge in [-0.3, -0.25) is 0 Å². The second-order valence-electron chi connectivity index (χ2n) is 5.17. The van der Waals surface area contributed by atoms with Gasteiger partial charge in [0.1, 0.15) is 18.0 Å². The van der Waals surface area contributed by atoms with E-state index in [1.54, 1.807) is 17.7 Å². The number of aromatic nitrogens is 3. The Morgan fingerprint density at radius 2 is 1.90 bits per heavy atom. The molecule has 5 nitrogen and oxygen atoms in total. The topological polar surface area (TPSA) is 62.7 Å². The molecule has 2 heterocycles. The summed E-state index contributed by atoms with van der Waals surface area (Å²) < 4.78 is 0. The van der Waals surface area contributed by atoms with Crippen LogP contribution < -0.4 is 10.6 Å². The number of nitrogens with one attached hydrogen (secondary N) is 2. The van der Waals surface area contributed by atoms with Gasteiger partial charge in [0.25, 0.3) is 0 Å². The molecule has 0 saturated heterocycles. The Labute approximate surface area is 130 Å². The molecule has 21 heavy (non-hydrogen) atoms. The van der Waals surface area contributed by atoms with E-state index in [1.165, 1.54) is 4.88 Å². The van der Waals surface area contributed by atoms with E-state index < -0.39 is 0 Å². The minimum atomic E-state index is 0.184. The van der Waals surface area contributed by atoms with Gasteiger partial charge >= 0.3 is 0 Å². The van der Waals surface area contributed by atoms with E-state index in [-0.39, 0.29) is 6.04 Å². The number of hydrogen-bond donors (Lipinski definition) is 2. The summed E-state index contributed by atoms with van der Waals surface area (Å²) in [6.45, 7) is 11.3. The van der Waals surface area contributed by atoms with E-state index in [2.05, 4.69) is 46.4 Å². The third kappa shape index (κ3) is 3.69. The number of thiazole rings is 1. The molecule has 0 radical (unpaired) electrons. The van der Waals surface area contributed by atoms with Gasteiger partial charge in [-0.25, -0.2) is 15.0 Å². The first-order chi connectivity index (χ1) is 10.0. The molecule has 0 spiro atoms. The number of aryl methyl sites for hydroxylation is 2. The predicted molar refractivity (Wildman–Crippen MR) is 89.2 cm³/mol. The molecule has 0 bridgehead atoms. The zero-order valence-corrected chi connectivity index (χ0v) is 14.1. The van der Waals surface area contributed by atoms with E-state index in [0.29, 0.717) is 0 Å². The van der Waals surface area contributed by atoms with E-state index in [1.807, 2.05) is 13.8 Å². The number of hydrogen-bond acceptors (Lipinski definition) is 6. The molecule has 2 rings (SSSR count). The van der Waals surface area contributed by atoms with Gasteiger partial charge in [-0.1, -0.05) is 6.92 Å². The monoisotopic (exact) mass is 305 g/mol. The van der Waals surface area contributed by atoms with Gasteiger partial charge in [0.15, 0.2) is 0 Å². The Hall–Kier alpha value is -1.69. The first-order valence-electron chi connectivity index (χ1n) is 7.28.